The first-order valence-corrected chi connectivity index (χ1v) is 9.72. The molecule has 5 aromatic rings. The zero-order chi connectivity index (χ0) is 23.5. The lowest BCUT2D eigenvalue weighted by Gasteiger charge is -2.03. The Bertz CT molecular complexity index is 1490. The van der Waals surface area contributed by atoms with Crippen LogP contribution >= 0.6 is 0 Å². The van der Waals surface area contributed by atoms with Crippen molar-refractivity contribution in [1.82, 2.24) is 0 Å². The molecule has 0 aliphatic heterocycles. The first-order chi connectivity index (χ1) is 15.9. The zero-order valence-corrected chi connectivity index (χ0v) is 17.2. The maximum absolute atomic E-state index is 11.2. The minimum atomic E-state index is -0.824. The van der Waals surface area contributed by atoms with E-state index in [0.717, 1.165) is 29.9 Å². The maximum Gasteiger partial charge on any atom is 0.346 e. The highest BCUT2D eigenvalue weighted by Gasteiger charge is 2.15. The Labute approximate surface area is 185 Å². The molecule has 33 heavy (non-hydrogen) atoms. The maximum atomic E-state index is 11.2. The van der Waals surface area contributed by atoms with Crippen LogP contribution in [0.2, 0.25) is 0 Å². The van der Waals surface area contributed by atoms with Gasteiger partial charge in [0.25, 0.3) is 0 Å². The van der Waals surface area contributed by atoms with Crippen molar-refractivity contribution < 1.29 is 8.83 Å². The average molecular weight is 440 g/mol. The molecule has 0 atom stereocenters. The highest BCUT2D eigenvalue weighted by Crippen LogP contribution is 2.18. The normalized spacial score (nSPS) is 10.7. The van der Waals surface area contributed by atoms with Gasteiger partial charge in [-0.25, -0.2) is 19.2 Å². The predicted molar refractivity (Wildman–Crippen MR) is 128 cm³/mol. The minimum absolute atomic E-state index is 0.0181. The van der Waals surface area contributed by atoms with Crippen molar-refractivity contribution in [1.29, 1.82) is 0 Å². The molecule has 0 amide bonds. The van der Waals surface area contributed by atoms with Crippen molar-refractivity contribution in [2.45, 2.75) is 6.42 Å². The smallest absolute Gasteiger partial charge is 0.346 e. The second-order valence-electron chi connectivity index (χ2n) is 7.12. The third-order valence-electron chi connectivity index (χ3n) is 5.05. The number of rotatable bonds is 4. The molecule has 0 aliphatic carbocycles. The molecule has 3 aromatic carbocycles. The van der Waals surface area contributed by atoms with E-state index >= 15 is 0 Å². The number of hydrogen-bond acceptors (Lipinski definition) is 8. The lowest BCUT2D eigenvalue weighted by Crippen LogP contribution is -1.96. The van der Waals surface area contributed by atoms with Gasteiger partial charge in [0.2, 0.25) is 0 Å². The summed E-state index contributed by atoms with van der Waals surface area (Å²) in [7, 11) is 0. The van der Waals surface area contributed by atoms with Crippen LogP contribution in [0.5, 0.6) is 0 Å². The molecular formula is C25H16N2O6. The molecule has 0 bridgehead atoms. The van der Waals surface area contributed by atoms with Crippen LogP contribution in [0.4, 0.5) is 11.4 Å². The summed E-state index contributed by atoms with van der Waals surface area (Å²) >= 11 is 0. The summed E-state index contributed by atoms with van der Waals surface area (Å²) < 4.78 is 8.68. The molecule has 2 aromatic heterocycles. The van der Waals surface area contributed by atoms with Crippen molar-refractivity contribution in [3.8, 4) is 0 Å². The monoisotopic (exact) mass is 440 g/mol. The van der Waals surface area contributed by atoms with Crippen molar-refractivity contribution in [3.05, 3.63) is 113 Å². The topological polar surface area (TPSA) is 119 Å². The Morgan fingerprint density at radius 2 is 0.848 bits per heavy atom. The Morgan fingerprint density at radius 1 is 0.545 bits per heavy atom. The molecule has 0 fully saturated rings. The highest BCUT2D eigenvalue weighted by atomic mass is 16.4. The van der Waals surface area contributed by atoms with Gasteiger partial charge in [-0.1, -0.05) is 24.3 Å². The van der Waals surface area contributed by atoms with E-state index in [1.807, 2.05) is 24.3 Å². The van der Waals surface area contributed by atoms with Crippen LogP contribution in [-0.2, 0) is 6.42 Å². The van der Waals surface area contributed by atoms with Gasteiger partial charge in [-0.2, -0.15) is 0 Å². The molecule has 0 unspecified atom stereocenters. The zero-order valence-electron chi connectivity index (χ0n) is 17.2. The molecule has 0 aliphatic rings. The minimum Gasteiger partial charge on any atom is -0.386 e. The molecule has 5 rings (SSSR count). The van der Waals surface area contributed by atoms with E-state index in [1.165, 1.54) is 11.1 Å². The van der Waals surface area contributed by atoms with Crippen molar-refractivity contribution >= 4 is 46.4 Å². The number of hydrogen-bond donors (Lipinski definition) is 0. The van der Waals surface area contributed by atoms with Crippen molar-refractivity contribution in [3.63, 3.8) is 0 Å². The first-order valence-electron chi connectivity index (χ1n) is 9.72. The van der Waals surface area contributed by atoms with E-state index in [2.05, 4.69) is 56.5 Å². The quantitative estimate of drug-likeness (QED) is 0.395. The van der Waals surface area contributed by atoms with Crippen LogP contribution in [-0.4, -0.2) is 13.4 Å². The Balaban J connectivity index is 0.000000157. The van der Waals surface area contributed by atoms with Gasteiger partial charge in [-0.05, 0) is 67.4 Å². The van der Waals surface area contributed by atoms with Gasteiger partial charge in [0.05, 0.1) is 32.9 Å². The van der Waals surface area contributed by atoms with E-state index in [1.54, 1.807) is 0 Å². The molecule has 162 valence electrons. The van der Waals surface area contributed by atoms with Gasteiger partial charge in [-0.15, -0.1) is 0 Å². The summed E-state index contributed by atoms with van der Waals surface area (Å²) in [6.07, 6.45) is 0.912. The highest BCUT2D eigenvalue weighted by molar-refractivity contribution is 5.96. The van der Waals surface area contributed by atoms with E-state index in [9.17, 15) is 19.2 Å². The summed E-state index contributed by atoms with van der Waals surface area (Å²) in [6.45, 7) is 6.99. The van der Waals surface area contributed by atoms with Gasteiger partial charge < -0.3 is 8.83 Å². The SMILES string of the molecule is C=Nc1ccc(Cc2ccc(N=C)cc2)cc1.O=c1oc(=O)c2cc3c(=O)oc(=O)c3cc12. The third kappa shape index (κ3) is 4.35. The van der Waals surface area contributed by atoms with Gasteiger partial charge in [0, 0.05) is 0 Å². The van der Waals surface area contributed by atoms with Crippen LogP contribution < -0.4 is 22.5 Å². The van der Waals surface area contributed by atoms with Gasteiger partial charge in [0.1, 0.15) is 0 Å². The van der Waals surface area contributed by atoms with Crippen molar-refractivity contribution in [2.75, 3.05) is 0 Å². The van der Waals surface area contributed by atoms with Crippen LogP contribution in [0.15, 0.2) is 98.7 Å². The average Bonchev–Trinajstić information content (AvgIpc) is 3.28. The third-order valence-corrected chi connectivity index (χ3v) is 5.05. The van der Waals surface area contributed by atoms with Crippen LogP contribution in [0.1, 0.15) is 11.1 Å². The summed E-state index contributed by atoms with van der Waals surface area (Å²) in [5.41, 5.74) is 1.03. The number of fused-ring (bicyclic) bond motifs is 2. The Hall–Kier alpha value is -4.72. The molecule has 0 saturated heterocycles. The molecule has 8 nitrogen and oxygen atoms in total. The van der Waals surface area contributed by atoms with E-state index in [0.29, 0.717) is 0 Å². The fourth-order valence-corrected chi connectivity index (χ4v) is 3.34. The second kappa shape index (κ2) is 8.80. The summed E-state index contributed by atoms with van der Waals surface area (Å²) in [4.78, 5) is 52.5. The first kappa shape index (κ1) is 21.5. The summed E-state index contributed by atoms with van der Waals surface area (Å²) in [6, 6.07) is 18.5. The molecular weight excluding hydrogens is 424 g/mol. The molecule has 0 spiro atoms. The number of benzene rings is 3. The standard InChI is InChI=1S/C15H14N2.C10H2O6/c1-16-14-7-3-12(4-8-14)11-13-5-9-15(17-2)10-6-13;11-7-3-1-4-6(10(14)16-8(4)12)2-5(3)9(13)15-7/h3-10H,1-2,11H2;1-2H. The van der Waals surface area contributed by atoms with E-state index in [-0.39, 0.29) is 21.5 Å². The van der Waals surface area contributed by atoms with E-state index < -0.39 is 22.5 Å². The van der Waals surface area contributed by atoms with E-state index in [4.69, 9.17) is 0 Å². The summed E-state index contributed by atoms with van der Waals surface area (Å²) in [5.74, 6) is 0. The fraction of sp³-hybridized carbons (Fsp3) is 0.0400. The lowest BCUT2D eigenvalue weighted by atomic mass is 10.0. The van der Waals surface area contributed by atoms with Crippen LogP contribution in [0.3, 0.4) is 0 Å². The molecule has 0 radical (unpaired) electrons. The Kier molecular flexibility index (Phi) is 5.73. The largest absolute Gasteiger partial charge is 0.386 e. The van der Waals surface area contributed by atoms with Gasteiger partial charge in [-0.3, -0.25) is 9.98 Å². The molecule has 2 heterocycles. The van der Waals surface area contributed by atoms with Gasteiger partial charge in [0.15, 0.2) is 0 Å². The summed E-state index contributed by atoms with van der Waals surface area (Å²) in [5, 5.41) is -0.0726. The molecule has 8 heteroatoms. The Morgan fingerprint density at radius 3 is 1.12 bits per heavy atom. The van der Waals surface area contributed by atoms with Crippen LogP contribution in [0.25, 0.3) is 21.5 Å². The predicted octanol–water partition coefficient (Wildman–Crippen LogP) is 3.44. The number of nitrogens with zero attached hydrogens (tertiary/aromatic N) is 2. The van der Waals surface area contributed by atoms with Crippen LogP contribution in [0, 0.1) is 0 Å². The van der Waals surface area contributed by atoms with Crippen molar-refractivity contribution in [2.24, 2.45) is 9.98 Å². The van der Waals surface area contributed by atoms with Gasteiger partial charge >= 0.3 is 22.5 Å². The number of furan rings is 2. The number of aliphatic imine (C=N–C) groups is 2. The lowest BCUT2D eigenvalue weighted by molar-refractivity contribution is 0.498. The molecule has 0 saturated carbocycles. The second-order valence-corrected chi connectivity index (χ2v) is 7.12. The molecule has 0 N–H and O–H groups in total. The fourth-order valence-electron chi connectivity index (χ4n) is 3.34.